The zero-order valence-corrected chi connectivity index (χ0v) is 16.2. The Kier molecular flexibility index (Phi) is 4.21. The van der Waals surface area contributed by atoms with Gasteiger partial charge in [-0.1, -0.05) is 18.2 Å². The molecule has 4 aliphatic rings. The van der Waals surface area contributed by atoms with E-state index in [2.05, 4.69) is 30.9 Å². The second-order valence-corrected chi connectivity index (χ2v) is 8.95. The molecule has 3 saturated heterocycles. The Bertz CT molecular complexity index is 727. The van der Waals surface area contributed by atoms with E-state index in [9.17, 15) is 4.79 Å². The van der Waals surface area contributed by atoms with Crippen molar-refractivity contribution in [2.24, 2.45) is 11.8 Å². The van der Waals surface area contributed by atoms with Crippen LogP contribution in [-0.4, -0.2) is 48.3 Å². The molecule has 1 aromatic carbocycles. The highest BCUT2D eigenvalue weighted by Crippen LogP contribution is 2.52. The third-order valence-electron chi connectivity index (χ3n) is 7.01. The predicted octanol–water partition coefficient (Wildman–Crippen LogP) is 3.33. The highest BCUT2D eigenvalue weighted by molar-refractivity contribution is 5.79. The summed E-state index contributed by atoms with van der Waals surface area (Å²) < 4.78 is 18.4. The highest BCUT2D eigenvalue weighted by atomic mass is 16.5. The summed E-state index contributed by atoms with van der Waals surface area (Å²) in [5, 5.41) is 0. The Hall–Kier alpha value is -1.59. The number of carbonyl (C=O) groups is 1. The fraction of sp³-hybridized carbons (Fsp3) is 0.682. The number of para-hydroxylation sites is 1. The van der Waals surface area contributed by atoms with E-state index in [0.29, 0.717) is 19.1 Å². The minimum absolute atomic E-state index is 0.0596. The molecular weight excluding hydrogens is 342 g/mol. The maximum atomic E-state index is 13.2. The number of likely N-dealkylation sites (tertiary alicyclic amines) is 1. The van der Waals surface area contributed by atoms with E-state index in [1.807, 2.05) is 12.1 Å². The number of rotatable bonds is 1. The van der Waals surface area contributed by atoms with Gasteiger partial charge in [-0.2, -0.15) is 0 Å². The molecule has 146 valence electrons. The van der Waals surface area contributed by atoms with E-state index >= 15 is 0 Å². The lowest BCUT2D eigenvalue weighted by Gasteiger charge is -2.51. The Morgan fingerprint density at radius 3 is 2.74 bits per heavy atom. The number of hydrogen-bond acceptors (Lipinski definition) is 4. The summed E-state index contributed by atoms with van der Waals surface area (Å²) in [5.41, 5.74) is 0.856. The first kappa shape index (κ1) is 17.5. The van der Waals surface area contributed by atoms with Crippen LogP contribution in [0.1, 0.15) is 51.2 Å². The van der Waals surface area contributed by atoms with Gasteiger partial charge in [0.2, 0.25) is 5.91 Å². The Balaban J connectivity index is 1.40. The molecule has 0 unspecified atom stereocenters. The molecular formula is C22H29NO4. The van der Waals surface area contributed by atoms with Crippen LogP contribution in [0.4, 0.5) is 0 Å². The van der Waals surface area contributed by atoms with Gasteiger partial charge < -0.3 is 19.1 Å². The fourth-order valence-corrected chi connectivity index (χ4v) is 5.49. The Morgan fingerprint density at radius 1 is 1.15 bits per heavy atom. The third-order valence-corrected chi connectivity index (χ3v) is 7.01. The normalized spacial score (nSPS) is 35.0. The smallest absolute Gasteiger partial charge is 0.226 e. The average Bonchev–Trinajstić information content (AvgIpc) is 3.10. The summed E-state index contributed by atoms with van der Waals surface area (Å²) >= 11 is 0. The van der Waals surface area contributed by atoms with Crippen LogP contribution in [-0.2, 0) is 14.3 Å². The predicted molar refractivity (Wildman–Crippen MR) is 101 cm³/mol. The van der Waals surface area contributed by atoms with Crippen molar-refractivity contribution in [3.63, 3.8) is 0 Å². The van der Waals surface area contributed by atoms with E-state index in [1.54, 1.807) is 0 Å². The summed E-state index contributed by atoms with van der Waals surface area (Å²) in [6.07, 6.45) is 3.78. The molecule has 5 nitrogen and oxygen atoms in total. The van der Waals surface area contributed by atoms with Gasteiger partial charge in [-0.05, 0) is 45.6 Å². The molecule has 0 aromatic heterocycles. The molecule has 4 aliphatic heterocycles. The molecule has 27 heavy (non-hydrogen) atoms. The zero-order chi connectivity index (χ0) is 18.6. The van der Waals surface area contributed by atoms with Crippen LogP contribution in [0.5, 0.6) is 5.75 Å². The quantitative estimate of drug-likeness (QED) is 0.760. The molecule has 1 aromatic rings. The number of amides is 1. The number of hydrogen-bond donors (Lipinski definition) is 0. The molecule has 5 rings (SSSR count). The molecule has 0 spiro atoms. The number of ether oxygens (including phenoxy) is 3. The van der Waals surface area contributed by atoms with Gasteiger partial charge in [0.25, 0.3) is 0 Å². The maximum absolute atomic E-state index is 13.2. The average molecular weight is 371 g/mol. The van der Waals surface area contributed by atoms with Gasteiger partial charge >= 0.3 is 0 Å². The first-order valence-corrected chi connectivity index (χ1v) is 10.4. The standard InChI is InChI=1S/C22H29NO4/c1-22(2)16-13-17-19(26-20(16)15-5-3-4-6-18(15)27-22)7-10-23(17)21(24)14-8-11-25-12-9-14/h3-6,14,16-17,19-20H,7-13H2,1-2H3/t16-,17-,19-,20+/m1/s1. The van der Waals surface area contributed by atoms with Crippen molar-refractivity contribution in [3.05, 3.63) is 29.8 Å². The van der Waals surface area contributed by atoms with E-state index in [0.717, 1.165) is 43.5 Å². The Morgan fingerprint density at radius 2 is 1.93 bits per heavy atom. The number of fused-ring (bicyclic) bond motifs is 4. The van der Waals surface area contributed by atoms with Crippen LogP contribution in [0.2, 0.25) is 0 Å². The van der Waals surface area contributed by atoms with Crippen LogP contribution in [0.15, 0.2) is 24.3 Å². The molecule has 0 aliphatic carbocycles. The number of benzene rings is 1. The lowest BCUT2D eigenvalue weighted by atomic mass is 9.74. The largest absolute Gasteiger partial charge is 0.487 e. The fourth-order valence-electron chi connectivity index (χ4n) is 5.49. The van der Waals surface area contributed by atoms with Crippen molar-refractivity contribution in [2.75, 3.05) is 19.8 Å². The third kappa shape index (κ3) is 2.87. The van der Waals surface area contributed by atoms with Crippen molar-refractivity contribution >= 4 is 5.91 Å². The second-order valence-electron chi connectivity index (χ2n) is 8.95. The molecule has 0 radical (unpaired) electrons. The first-order chi connectivity index (χ1) is 13.0. The molecule has 0 saturated carbocycles. The molecule has 1 amide bonds. The van der Waals surface area contributed by atoms with Gasteiger partial charge in [-0.15, -0.1) is 0 Å². The number of carbonyl (C=O) groups excluding carboxylic acids is 1. The summed E-state index contributed by atoms with van der Waals surface area (Å²) in [4.78, 5) is 15.3. The van der Waals surface area contributed by atoms with Gasteiger partial charge in [-0.3, -0.25) is 4.79 Å². The van der Waals surface area contributed by atoms with Gasteiger partial charge in [0.05, 0.1) is 18.2 Å². The minimum Gasteiger partial charge on any atom is -0.487 e. The van der Waals surface area contributed by atoms with E-state index in [4.69, 9.17) is 14.2 Å². The van der Waals surface area contributed by atoms with E-state index in [1.165, 1.54) is 0 Å². The Labute approximate surface area is 161 Å². The number of nitrogens with zero attached hydrogens (tertiary/aromatic N) is 1. The van der Waals surface area contributed by atoms with Gasteiger partial charge in [-0.25, -0.2) is 0 Å². The minimum atomic E-state index is -0.306. The van der Waals surface area contributed by atoms with Crippen LogP contribution in [0.3, 0.4) is 0 Å². The molecule has 3 fully saturated rings. The van der Waals surface area contributed by atoms with E-state index < -0.39 is 0 Å². The summed E-state index contributed by atoms with van der Waals surface area (Å²) in [6.45, 7) is 6.54. The molecule has 4 atom stereocenters. The van der Waals surface area contributed by atoms with Gasteiger partial charge in [0.1, 0.15) is 11.4 Å². The first-order valence-electron chi connectivity index (χ1n) is 10.4. The summed E-state index contributed by atoms with van der Waals surface area (Å²) in [5.74, 6) is 1.61. The molecule has 5 heteroatoms. The molecule has 0 N–H and O–H groups in total. The summed E-state index contributed by atoms with van der Waals surface area (Å²) in [7, 11) is 0. The lowest BCUT2D eigenvalue weighted by Crippen LogP contribution is -2.55. The summed E-state index contributed by atoms with van der Waals surface area (Å²) in [6, 6.07) is 8.42. The van der Waals surface area contributed by atoms with E-state index in [-0.39, 0.29) is 35.7 Å². The second kappa shape index (κ2) is 6.49. The molecule has 0 bridgehead atoms. The van der Waals surface area contributed by atoms with Gasteiger partial charge in [0, 0.05) is 37.2 Å². The highest BCUT2D eigenvalue weighted by Gasteiger charge is 2.54. The lowest BCUT2D eigenvalue weighted by molar-refractivity contribution is -0.169. The van der Waals surface area contributed by atoms with Crippen molar-refractivity contribution in [1.82, 2.24) is 4.90 Å². The van der Waals surface area contributed by atoms with Crippen molar-refractivity contribution < 1.29 is 19.0 Å². The van der Waals surface area contributed by atoms with Crippen molar-refractivity contribution in [3.8, 4) is 5.75 Å². The SMILES string of the molecule is CC1(C)Oc2ccccc2[C@@H]2O[C@@H]3CCN(C(=O)C4CCOCC4)[C@@H]3C[C@H]21. The van der Waals surface area contributed by atoms with Crippen LogP contribution in [0.25, 0.3) is 0 Å². The van der Waals surface area contributed by atoms with Crippen LogP contribution < -0.4 is 4.74 Å². The maximum Gasteiger partial charge on any atom is 0.226 e. The van der Waals surface area contributed by atoms with Crippen molar-refractivity contribution in [1.29, 1.82) is 0 Å². The van der Waals surface area contributed by atoms with Crippen LogP contribution in [0, 0.1) is 11.8 Å². The van der Waals surface area contributed by atoms with Gasteiger partial charge in [0.15, 0.2) is 0 Å². The van der Waals surface area contributed by atoms with Crippen LogP contribution >= 0.6 is 0 Å². The monoisotopic (exact) mass is 371 g/mol. The topological polar surface area (TPSA) is 48.0 Å². The zero-order valence-electron chi connectivity index (χ0n) is 16.2. The van der Waals surface area contributed by atoms with Crippen molar-refractivity contribution in [2.45, 2.75) is 63.4 Å². The molecule has 4 heterocycles.